The Kier molecular flexibility index (Phi) is 7.59. The third-order valence-corrected chi connectivity index (χ3v) is 7.48. The van der Waals surface area contributed by atoms with Gasteiger partial charge in [-0.15, -0.1) is 0 Å². The van der Waals surface area contributed by atoms with E-state index in [4.69, 9.17) is 0 Å². The van der Waals surface area contributed by atoms with Gasteiger partial charge in [-0.1, -0.05) is 24.3 Å². The van der Waals surface area contributed by atoms with Gasteiger partial charge in [-0.05, 0) is 55.4 Å². The summed E-state index contributed by atoms with van der Waals surface area (Å²) in [4.78, 5) is 46.5. The van der Waals surface area contributed by atoms with Crippen molar-refractivity contribution in [3.8, 4) is 0 Å². The second-order valence-corrected chi connectivity index (χ2v) is 10.3. The van der Waals surface area contributed by atoms with Gasteiger partial charge in [0.15, 0.2) is 0 Å². The van der Waals surface area contributed by atoms with Gasteiger partial charge in [0.05, 0.1) is 5.52 Å². The molecule has 2 saturated heterocycles. The van der Waals surface area contributed by atoms with Crippen molar-refractivity contribution in [3.63, 3.8) is 0 Å². The van der Waals surface area contributed by atoms with Gasteiger partial charge >= 0.3 is 0 Å². The molecule has 210 valence electrons. The third-order valence-electron chi connectivity index (χ3n) is 7.48. The van der Waals surface area contributed by atoms with E-state index in [1.165, 1.54) is 0 Å². The molecule has 0 radical (unpaired) electrons. The highest BCUT2D eigenvalue weighted by Gasteiger charge is 2.25. The molecule has 41 heavy (non-hydrogen) atoms. The Labute approximate surface area is 237 Å². The molecule has 4 aromatic rings. The average Bonchev–Trinajstić information content (AvgIpc) is 3.38. The molecule has 11 nitrogen and oxygen atoms in total. The van der Waals surface area contributed by atoms with Crippen molar-refractivity contribution in [2.45, 2.75) is 19.0 Å². The average molecular weight is 553 g/mol. The first-order valence-electron chi connectivity index (χ1n) is 13.9. The van der Waals surface area contributed by atoms with Crippen molar-refractivity contribution in [1.29, 1.82) is 0 Å². The molecule has 0 aliphatic carbocycles. The molecule has 3 amide bonds. The summed E-state index contributed by atoms with van der Waals surface area (Å²) in [6.07, 6.45) is 2.93. The van der Waals surface area contributed by atoms with E-state index < -0.39 is 0 Å². The lowest BCUT2D eigenvalue weighted by Crippen LogP contribution is -2.51. The van der Waals surface area contributed by atoms with Gasteiger partial charge in [0.25, 0.3) is 11.8 Å². The fraction of sp³-hybridized carbons (Fsp3) is 0.300. The number of benzene rings is 2. The van der Waals surface area contributed by atoms with Crippen LogP contribution in [-0.4, -0.2) is 87.6 Å². The normalized spacial score (nSPS) is 16.7. The van der Waals surface area contributed by atoms with E-state index in [0.29, 0.717) is 55.0 Å². The molecule has 2 fully saturated rings. The molecule has 0 spiro atoms. The minimum atomic E-state index is -0.303. The van der Waals surface area contributed by atoms with Crippen LogP contribution < -0.4 is 16.0 Å². The van der Waals surface area contributed by atoms with Crippen molar-refractivity contribution in [1.82, 2.24) is 29.9 Å². The van der Waals surface area contributed by atoms with Crippen molar-refractivity contribution >= 4 is 40.1 Å². The number of piperazine rings is 1. The summed E-state index contributed by atoms with van der Waals surface area (Å²) < 4.78 is 1.62. The molecule has 6 rings (SSSR count). The number of hydrogen-bond acceptors (Lipinski definition) is 7. The first-order valence-corrected chi connectivity index (χ1v) is 13.9. The van der Waals surface area contributed by atoms with Crippen LogP contribution in [0, 0.1) is 0 Å². The van der Waals surface area contributed by atoms with E-state index in [2.05, 4.69) is 26.0 Å². The molecule has 1 atom stereocenters. The fourth-order valence-corrected chi connectivity index (χ4v) is 5.00. The highest BCUT2D eigenvalue weighted by molar-refractivity contribution is 6.04. The second kappa shape index (κ2) is 11.8. The highest BCUT2D eigenvalue weighted by Crippen LogP contribution is 2.19. The minimum absolute atomic E-state index is 0.0134. The Hall–Kier alpha value is -4.77. The topological polar surface area (TPSA) is 124 Å². The van der Waals surface area contributed by atoms with Gasteiger partial charge in [0.1, 0.15) is 18.1 Å². The third kappa shape index (κ3) is 6.20. The Morgan fingerprint density at radius 2 is 1.71 bits per heavy atom. The zero-order valence-corrected chi connectivity index (χ0v) is 22.6. The van der Waals surface area contributed by atoms with Crippen molar-refractivity contribution in [2.75, 3.05) is 49.9 Å². The maximum Gasteiger partial charge on any atom is 0.274 e. The highest BCUT2D eigenvalue weighted by atomic mass is 16.2. The molecule has 2 aromatic heterocycles. The predicted octanol–water partition coefficient (Wildman–Crippen LogP) is 2.44. The van der Waals surface area contributed by atoms with E-state index >= 15 is 0 Å². The maximum absolute atomic E-state index is 13.0. The molecule has 2 aliphatic heterocycles. The van der Waals surface area contributed by atoms with E-state index in [0.717, 1.165) is 30.4 Å². The number of nitrogens with zero attached hydrogens (tertiary/aromatic N) is 5. The van der Waals surface area contributed by atoms with E-state index in [1.807, 2.05) is 42.5 Å². The molecule has 0 saturated carbocycles. The largest absolute Gasteiger partial charge is 0.368 e. The summed E-state index contributed by atoms with van der Waals surface area (Å²) in [6.45, 7) is 3.86. The number of fused-ring (bicyclic) bond motifs is 1. The quantitative estimate of drug-likeness (QED) is 0.307. The molecule has 2 aromatic carbocycles. The summed E-state index contributed by atoms with van der Waals surface area (Å²) in [5.74, 6) is 0.297. The lowest BCUT2D eigenvalue weighted by atomic mass is 10.1. The van der Waals surface area contributed by atoms with Crippen LogP contribution in [0.3, 0.4) is 0 Å². The molecular weight excluding hydrogens is 520 g/mol. The van der Waals surface area contributed by atoms with Gasteiger partial charge in [-0.25, -0.2) is 4.98 Å². The van der Waals surface area contributed by atoms with Crippen LogP contribution in [0.15, 0.2) is 72.9 Å². The van der Waals surface area contributed by atoms with Gasteiger partial charge in [0, 0.05) is 61.6 Å². The lowest BCUT2D eigenvalue weighted by Gasteiger charge is -2.34. The Balaban J connectivity index is 1.03. The van der Waals surface area contributed by atoms with Crippen LogP contribution in [0.2, 0.25) is 0 Å². The molecule has 11 heteroatoms. The standard InChI is InChI=1S/C30H32N8O3/c39-28(36-13-15-37(16-14-36)30(41)21-5-2-1-3-6-21)20-38-19-22-17-23(9-10-25(22)35-38)33-29(40)26-7-4-8-27(34-26)32-18-24-11-12-31-24/h1-10,17,19,24,31H,11-16,18,20H2,(H,32,34)(H,33,40). The van der Waals surface area contributed by atoms with Gasteiger partial charge < -0.3 is 25.8 Å². The van der Waals surface area contributed by atoms with E-state index in [-0.39, 0.29) is 24.3 Å². The molecule has 0 bridgehead atoms. The van der Waals surface area contributed by atoms with Crippen LogP contribution in [0.25, 0.3) is 10.9 Å². The molecule has 3 N–H and O–H groups in total. The number of rotatable bonds is 8. The first kappa shape index (κ1) is 26.5. The van der Waals surface area contributed by atoms with Crippen LogP contribution in [0.5, 0.6) is 0 Å². The molecule has 1 unspecified atom stereocenters. The summed E-state index contributed by atoms with van der Waals surface area (Å²) in [5.41, 5.74) is 2.32. The number of amides is 3. The van der Waals surface area contributed by atoms with Crippen molar-refractivity contribution < 1.29 is 14.4 Å². The van der Waals surface area contributed by atoms with Gasteiger partial charge in [0.2, 0.25) is 5.91 Å². The Morgan fingerprint density at radius 1 is 0.927 bits per heavy atom. The fourth-order valence-electron chi connectivity index (χ4n) is 5.00. The van der Waals surface area contributed by atoms with E-state index in [1.54, 1.807) is 44.9 Å². The van der Waals surface area contributed by atoms with Crippen molar-refractivity contribution in [2.24, 2.45) is 0 Å². The number of pyridine rings is 1. The SMILES string of the molecule is O=C(Nc1ccc2nn(CC(=O)N3CCN(C(=O)c4ccccc4)CC3)cc2c1)c1cccc(NCC2CCN2)n1. The Morgan fingerprint density at radius 3 is 2.46 bits per heavy atom. The number of aromatic nitrogens is 3. The summed E-state index contributed by atoms with van der Waals surface area (Å²) in [7, 11) is 0. The number of hydrogen-bond donors (Lipinski definition) is 3. The first-order chi connectivity index (χ1) is 20.0. The molecule has 4 heterocycles. The number of nitrogens with one attached hydrogen (secondary N) is 3. The summed E-state index contributed by atoms with van der Waals surface area (Å²) >= 11 is 0. The lowest BCUT2D eigenvalue weighted by molar-refractivity contribution is -0.133. The van der Waals surface area contributed by atoms with Crippen molar-refractivity contribution in [3.05, 3.63) is 84.2 Å². The number of carbonyl (C=O) groups excluding carboxylic acids is 3. The summed E-state index contributed by atoms with van der Waals surface area (Å²) in [5, 5.41) is 14.9. The maximum atomic E-state index is 13.0. The monoisotopic (exact) mass is 552 g/mol. The van der Waals surface area contributed by atoms with Gasteiger partial charge in [-0.2, -0.15) is 5.10 Å². The number of carbonyl (C=O) groups is 3. The van der Waals surface area contributed by atoms with Crippen LogP contribution in [0.4, 0.5) is 11.5 Å². The number of anilines is 2. The summed E-state index contributed by atoms with van der Waals surface area (Å²) in [6, 6.07) is 20.4. The predicted molar refractivity (Wildman–Crippen MR) is 156 cm³/mol. The van der Waals surface area contributed by atoms with Crippen LogP contribution in [-0.2, 0) is 11.3 Å². The van der Waals surface area contributed by atoms with Crippen LogP contribution >= 0.6 is 0 Å². The van der Waals surface area contributed by atoms with Gasteiger partial charge in [-0.3, -0.25) is 19.1 Å². The molecule has 2 aliphatic rings. The van der Waals surface area contributed by atoms with E-state index in [9.17, 15) is 14.4 Å². The minimum Gasteiger partial charge on any atom is -0.368 e. The zero-order valence-electron chi connectivity index (χ0n) is 22.6. The molecular formula is C30H32N8O3. The zero-order chi connectivity index (χ0) is 28.2. The second-order valence-electron chi connectivity index (χ2n) is 10.3. The smallest absolute Gasteiger partial charge is 0.274 e. The van der Waals surface area contributed by atoms with Crippen LogP contribution in [0.1, 0.15) is 27.3 Å². The Bertz CT molecular complexity index is 1560.